The number of rotatable bonds is 5. The molecule has 0 bridgehead atoms. The molecule has 0 atom stereocenters. The summed E-state index contributed by atoms with van der Waals surface area (Å²) in [5, 5.41) is 8.11. The number of thioether (sulfide) groups is 1. The Hall–Kier alpha value is -2.48. The molecule has 8 heteroatoms. The second-order valence-electron chi connectivity index (χ2n) is 4.24. The lowest BCUT2D eigenvalue weighted by Crippen LogP contribution is -2.33. The Balaban J connectivity index is 2.37. The van der Waals surface area contributed by atoms with Crippen LogP contribution in [-0.4, -0.2) is 47.9 Å². The maximum absolute atomic E-state index is 12.1. The Morgan fingerprint density at radius 1 is 1.32 bits per heavy atom. The third kappa shape index (κ3) is 3.06. The van der Waals surface area contributed by atoms with E-state index in [0.29, 0.717) is 33.7 Å². The van der Waals surface area contributed by atoms with Crippen LogP contribution in [0.3, 0.4) is 0 Å². The molecule has 2 rings (SSSR count). The molecular formula is C14H13NO6S. The van der Waals surface area contributed by atoms with Crippen LogP contribution < -0.4 is 9.47 Å². The van der Waals surface area contributed by atoms with E-state index in [0.717, 1.165) is 0 Å². The molecule has 1 aromatic carbocycles. The summed E-state index contributed by atoms with van der Waals surface area (Å²) in [6.07, 6.45) is 1.48. The minimum atomic E-state index is -1.25. The lowest BCUT2D eigenvalue weighted by Gasteiger charge is -2.10. The second-order valence-corrected chi connectivity index (χ2v) is 5.24. The van der Waals surface area contributed by atoms with Crippen molar-refractivity contribution in [2.24, 2.45) is 0 Å². The van der Waals surface area contributed by atoms with E-state index in [4.69, 9.17) is 14.6 Å². The molecule has 0 aliphatic carbocycles. The van der Waals surface area contributed by atoms with Crippen molar-refractivity contribution < 1.29 is 29.0 Å². The van der Waals surface area contributed by atoms with Gasteiger partial charge in [0.2, 0.25) is 0 Å². The van der Waals surface area contributed by atoms with Crippen molar-refractivity contribution in [3.05, 3.63) is 28.7 Å². The van der Waals surface area contributed by atoms with Gasteiger partial charge in [0.15, 0.2) is 11.5 Å². The predicted octanol–water partition coefficient (Wildman–Crippen LogP) is 1.82. The molecule has 1 aliphatic rings. The Morgan fingerprint density at radius 3 is 2.64 bits per heavy atom. The van der Waals surface area contributed by atoms with Crippen LogP contribution in [-0.2, 0) is 9.59 Å². The van der Waals surface area contributed by atoms with Gasteiger partial charge < -0.3 is 14.6 Å². The number of carboxylic acid groups (broad SMARTS) is 1. The Morgan fingerprint density at radius 2 is 2.05 bits per heavy atom. The first kappa shape index (κ1) is 15.9. The monoisotopic (exact) mass is 323 g/mol. The van der Waals surface area contributed by atoms with Gasteiger partial charge in [0.1, 0.15) is 6.54 Å². The molecule has 1 heterocycles. The Bertz CT molecular complexity index is 669. The molecule has 1 N–H and O–H groups in total. The van der Waals surface area contributed by atoms with Crippen molar-refractivity contribution in [1.82, 2.24) is 4.90 Å². The highest BCUT2D eigenvalue weighted by molar-refractivity contribution is 8.18. The number of carbonyl (C=O) groups excluding carboxylic acids is 2. The molecule has 0 unspecified atom stereocenters. The minimum Gasteiger partial charge on any atom is -0.493 e. The van der Waals surface area contributed by atoms with Crippen LogP contribution in [0.25, 0.3) is 6.08 Å². The van der Waals surface area contributed by atoms with Crippen molar-refractivity contribution in [2.45, 2.75) is 0 Å². The van der Waals surface area contributed by atoms with Gasteiger partial charge in [-0.3, -0.25) is 19.3 Å². The number of hydrogen-bond acceptors (Lipinski definition) is 6. The van der Waals surface area contributed by atoms with Crippen LogP contribution in [0.5, 0.6) is 11.5 Å². The summed E-state index contributed by atoms with van der Waals surface area (Å²) in [6.45, 7) is -0.656. The van der Waals surface area contributed by atoms with Crippen molar-refractivity contribution in [1.29, 1.82) is 0 Å². The number of nitrogens with zero attached hydrogens (tertiary/aromatic N) is 1. The number of methoxy groups -OCH3 is 2. The summed E-state index contributed by atoms with van der Waals surface area (Å²) in [4.78, 5) is 35.3. The van der Waals surface area contributed by atoms with E-state index in [1.54, 1.807) is 18.2 Å². The van der Waals surface area contributed by atoms with Crippen LogP contribution in [0.4, 0.5) is 4.79 Å². The van der Waals surface area contributed by atoms with Crippen molar-refractivity contribution in [3.63, 3.8) is 0 Å². The fourth-order valence-electron chi connectivity index (χ4n) is 1.94. The van der Waals surface area contributed by atoms with Gasteiger partial charge in [0.25, 0.3) is 11.1 Å². The zero-order valence-corrected chi connectivity index (χ0v) is 12.7. The van der Waals surface area contributed by atoms with Crippen LogP contribution in [0.2, 0.25) is 0 Å². The highest BCUT2D eigenvalue weighted by Crippen LogP contribution is 2.36. The van der Waals surface area contributed by atoms with Gasteiger partial charge in [-0.15, -0.1) is 0 Å². The van der Waals surface area contributed by atoms with E-state index < -0.39 is 23.7 Å². The molecule has 1 saturated heterocycles. The van der Waals surface area contributed by atoms with E-state index in [9.17, 15) is 14.4 Å². The number of aliphatic carboxylic acids is 1. The highest BCUT2D eigenvalue weighted by atomic mass is 32.2. The van der Waals surface area contributed by atoms with E-state index in [1.165, 1.54) is 20.3 Å². The number of amides is 2. The topological polar surface area (TPSA) is 93.1 Å². The number of carbonyl (C=O) groups is 3. The fourth-order valence-corrected chi connectivity index (χ4v) is 2.77. The largest absolute Gasteiger partial charge is 0.493 e. The third-order valence-electron chi connectivity index (χ3n) is 2.89. The number of ether oxygens (including phenoxy) is 2. The predicted molar refractivity (Wildman–Crippen MR) is 79.9 cm³/mol. The van der Waals surface area contributed by atoms with Crippen molar-refractivity contribution >= 4 is 35.0 Å². The summed E-state index contributed by atoms with van der Waals surface area (Å²) < 4.78 is 10.4. The molecule has 0 radical (unpaired) electrons. The molecular weight excluding hydrogens is 310 g/mol. The molecule has 7 nitrogen and oxygen atoms in total. The smallest absolute Gasteiger partial charge is 0.323 e. The van der Waals surface area contributed by atoms with Crippen molar-refractivity contribution in [2.75, 3.05) is 20.8 Å². The Kier molecular flexibility index (Phi) is 4.71. The molecule has 0 aromatic heterocycles. The van der Waals surface area contributed by atoms with Gasteiger partial charge in [-0.2, -0.15) is 0 Å². The van der Waals surface area contributed by atoms with E-state index >= 15 is 0 Å². The van der Waals surface area contributed by atoms with Gasteiger partial charge in [-0.1, -0.05) is 12.1 Å². The maximum atomic E-state index is 12.1. The standard InChI is InChI=1S/C14H13NO6S/c1-20-9-5-3-4-8(12(9)21-2)6-10-13(18)15(7-11(16)17)14(19)22-10/h3-6H,7H2,1-2H3,(H,16,17). The lowest BCUT2D eigenvalue weighted by molar-refractivity contribution is -0.140. The summed E-state index contributed by atoms with van der Waals surface area (Å²) in [6, 6.07) is 5.12. The molecule has 1 aromatic rings. The van der Waals surface area contributed by atoms with Gasteiger partial charge in [0, 0.05) is 5.56 Å². The summed E-state index contributed by atoms with van der Waals surface area (Å²) >= 11 is 0.690. The molecule has 22 heavy (non-hydrogen) atoms. The van der Waals surface area contributed by atoms with Crippen LogP contribution in [0, 0.1) is 0 Å². The molecule has 0 saturated carbocycles. The average molecular weight is 323 g/mol. The summed E-state index contributed by atoms with van der Waals surface area (Å²) in [7, 11) is 2.95. The summed E-state index contributed by atoms with van der Waals surface area (Å²) in [5.74, 6) is -0.971. The molecule has 1 fully saturated rings. The molecule has 2 amide bonds. The minimum absolute atomic E-state index is 0.137. The van der Waals surface area contributed by atoms with E-state index in [2.05, 4.69) is 0 Å². The van der Waals surface area contributed by atoms with Gasteiger partial charge >= 0.3 is 5.97 Å². The van der Waals surface area contributed by atoms with E-state index in [-0.39, 0.29) is 4.91 Å². The Labute approximate surface area is 130 Å². The van der Waals surface area contributed by atoms with Crippen molar-refractivity contribution in [3.8, 4) is 11.5 Å². The number of para-hydroxylation sites is 1. The molecule has 0 spiro atoms. The quantitative estimate of drug-likeness (QED) is 0.826. The third-order valence-corrected chi connectivity index (χ3v) is 3.79. The van der Waals surface area contributed by atoms with Gasteiger partial charge in [0.05, 0.1) is 19.1 Å². The number of benzene rings is 1. The zero-order chi connectivity index (χ0) is 16.3. The number of imide groups is 1. The second kappa shape index (κ2) is 6.52. The van der Waals surface area contributed by atoms with Gasteiger partial charge in [-0.25, -0.2) is 0 Å². The number of hydrogen-bond donors (Lipinski definition) is 1. The first-order valence-electron chi connectivity index (χ1n) is 6.16. The first-order valence-corrected chi connectivity index (χ1v) is 6.97. The normalized spacial score (nSPS) is 16.3. The highest BCUT2D eigenvalue weighted by Gasteiger charge is 2.36. The zero-order valence-electron chi connectivity index (χ0n) is 11.9. The van der Waals surface area contributed by atoms with Gasteiger partial charge in [-0.05, 0) is 23.9 Å². The summed E-state index contributed by atoms with van der Waals surface area (Å²) in [5.41, 5.74) is 0.558. The molecule has 1 aliphatic heterocycles. The van der Waals surface area contributed by atoms with Crippen LogP contribution in [0.15, 0.2) is 23.1 Å². The lowest BCUT2D eigenvalue weighted by atomic mass is 10.1. The van der Waals surface area contributed by atoms with Crippen LogP contribution >= 0.6 is 11.8 Å². The fraction of sp³-hybridized carbons (Fsp3) is 0.214. The maximum Gasteiger partial charge on any atom is 0.323 e. The average Bonchev–Trinajstić information content (AvgIpc) is 2.74. The number of carboxylic acids is 1. The van der Waals surface area contributed by atoms with Crippen LogP contribution in [0.1, 0.15) is 5.56 Å². The first-order chi connectivity index (χ1) is 10.5. The SMILES string of the molecule is COc1cccc(C=C2SC(=O)N(CC(=O)O)C2=O)c1OC. The molecule has 116 valence electrons. The van der Waals surface area contributed by atoms with E-state index in [1.807, 2.05) is 0 Å².